The number of pyridine rings is 3. The van der Waals surface area contributed by atoms with Gasteiger partial charge in [-0.2, -0.15) is 5.10 Å². The lowest BCUT2D eigenvalue weighted by Gasteiger charge is -2.12. The molecule has 0 bridgehead atoms. The topological polar surface area (TPSA) is 107 Å². The van der Waals surface area contributed by atoms with Crippen molar-refractivity contribution >= 4 is 33.9 Å². The Morgan fingerprint density at radius 3 is 2.44 bits per heavy atom. The highest BCUT2D eigenvalue weighted by atomic mass is 16.2. The largest absolute Gasteiger partial charge is 0.355 e. The molecule has 9 nitrogen and oxygen atoms in total. The van der Waals surface area contributed by atoms with Crippen LogP contribution in [0.25, 0.3) is 27.8 Å². The number of fused-ring (bicyclic) bond motifs is 1. The summed E-state index contributed by atoms with van der Waals surface area (Å²) in [6, 6.07) is 23.6. The number of benzene rings is 2. The summed E-state index contributed by atoms with van der Waals surface area (Å²) >= 11 is 0. The van der Waals surface area contributed by atoms with Gasteiger partial charge >= 0.3 is 0 Å². The Hall–Kier alpha value is -5.57. The van der Waals surface area contributed by atoms with Gasteiger partial charge in [0.2, 0.25) is 0 Å². The van der Waals surface area contributed by atoms with Crippen molar-refractivity contribution in [2.45, 2.75) is 0 Å². The van der Waals surface area contributed by atoms with Crippen LogP contribution in [0.1, 0.15) is 10.4 Å². The first-order valence-electron chi connectivity index (χ1n) is 12.2. The number of hydrogen-bond acceptors (Lipinski definition) is 6. The van der Waals surface area contributed by atoms with Gasteiger partial charge in [-0.05, 0) is 60.7 Å². The molecular formula is C30H23N7O2. The molecule has 0 aliphatic heterocycles. The Kier molecular flexibility index (Phi) is 6.14. The second-order valence-electron chi connectivity index (χ2n) is 8.94. The molecule has 0 atom stereocenters. The second-order valence-corrected chi connectivity index (χ2v) is 8.94. The van der Waals surface area contributed by atoms with Gasteiger partial charge in [0.1, 0.15) is 5.56 Å². The molecule has 0 fully saturated rings. The van der Waals surface area contributed by atoms with Crippen molar-refractivity contribution < 1.29 is 4.79 Å². The highest BCUT2D eigenvalue weighted by molar-refractivity contribution is 6.04. The zero-order valence-corrected chi connectivity index (χ0v) is 20.9. The first kappa shape index (κ1) is 23.8. The fourth-order valence-corrected chi connectivity index (χ4v) is 4.32. The van der Waals surface area contributed by atoms with Crippen molar-refractivity contribution in [3.8, 4) is 16.9 Å². The lowest BCUT2D eigenvalue weighted by molar-refractivity contribution is 0.102. The average molecular weight is 514 g/mol. The molecule has 190 valence electrons. The Bertz CT molecular complexity index is 1860. The van der Waals surface area contributed by atoms with E-state index in [1.807, 2.05) is 67.8 Å². The fourth-order valence-electron chi connectivity index (χ4n) is 4.32. The zero-order valence-electron chi connectivity index (χ0n) is 20.9. The lowest BCUT2D eigenvalue weighted by Crippen LogP contribution is -2.27. The van der Waals surface area contributed by atoms with Crippen LogP contribution in [0.4, 0.5) is 17.1 Å². The van der Waals surface area contributed by atoms with Crippen LogP contribution in [0.2, 0.25) is 0 Å². The number of amides is 1. The van der Waals surface area contributed by atoms with E-state index < -0.39 is 5.91 Å². The number of nitrogens with zero attached hydrogens (tertiary/aromatic N) is 5. The summed E-state index contributed by atoms with van der Waals surface area (Å²) in [4.78, 5) is 34.8. The molecule has 39 heavy (non-hydrogen) atoms. The Labute approximate surface area is 223 Å². The number of aryl methyl sites for hydroxylation is 1. The van der Waals surface area contributed by atoms with Gasteiger partial charge in [0.15, 0.2) is 0 Å². The van der Waals surface area contributed by atoms with Gasteiger partial charge in [-0.15, -0.1) is 0 Å². The first-order valence-corrected chi connectivity index (χ1v) is 12.2. The van der Waals surface area contributed by atoms with E-state index in [2.05, 4.69) is 25.7 Å². The number of carbonyl (C=O) groups is 1. The van der Waals surface area contributed by atoms with E-state index in [9.17, 15) is 9.59 Å². The van der Waals surface area contributed by atoms with Crippen LogP contribution in [0.3, 0.4) is 0 Å². The number of aromatic nitrogens is 5. The van der Waals surface area contributed by atoms with Gasteiger partial charge in [-0.3, -0.25) is 28.8 Å². The smallest absolute Gasteiger partial charge is 0.267 e. The number of rotatable bonds is 6. The maximum absolute atomic E-state index is 13.0. The summed E-state index contributed by atoms with van der Waals surface area (Å²) in [5.41, 5.74) is 5.12. The van der Waals surface area contributed by atoms with Crippen LogP contribution in [0, 0.1) is 0 Å². The number of para-hydroxylation sites is 1. The molecule has 4 heterocycles. The summed E-state index contributed by atoms with van der Waals surface area (Å²) in [6.45, 7) is 0. The third-order valence-electron chi connectivity index (χ3n) is 6.28. The van der Waals surface area contributed by atoms with Crippen LogP contribution < -0.4 is 16.2 Å². The minimum Gasteiger partial charge on any atom is -0.355 e. The zero-order chi connectivity index (χ0) is 26.8. The van der Waals surface area contributed by atoms with Crippen LogP contribution in [-0.2, 0) is 7.05 Å². The summed E-state index contributed by atoms with van der Waals surface area (Å²) in [6.07, 6.45) is 8.81. The number of nitrogens with one attached hydrogen (secondary N) is 2. The standard InChI is InChI=1S/C30H23N7O2/c1-36-19-20(17-33-36)27-16-25-26(13-14-31-28(25)18-32-27)34-21-9-11-22(12-10-21)35-29(38)24-8-5-15-37(30(24)39)23-6-3-2-4-7-23/h2-19H,1H3,(H,31,34)(H,35,38). The van der Waals surface area contributed by atoms with Gasteiger partial charge in [0.05, 0.1) is 23.6 Å². The normalized spacial score (nSPS) is 10.9. The second kappa shape index (κ2) is 10.1. The highest BCUT2D eigenvalue weighted by Crippen LogP contribution is 2.28. The van der Waals surface area contributed by atoms with Crippen molar-refractivity contribution in [1.82, 2.24) is 24.3 Å². The van der Waals surface area contributed by atoms with E-state index in [4.69, 9.17) is 0 Å². The molecule has 0 aliphatic carbocycles. The van der Waals surface area contributed by atoms with E-state index in [1.54, 1.807) is 47.7 Å². The summed E-state index contributed by atoms with van der Waals surface area (Å²) in [7, 11) is 1.87. The molecule has 2 N–H and O–H groups in total. The van der Waals surface area contributed by atoms with Crippen LogP contribution in [-0.4, -0.2) is 30.2 Å². The molecule has 1 amide bonds. The first-order chi connectivity index (χ1) is 19.0. The predicted octanol–water partition coefficient (Wildman–Crippen LogP) is 5.18. The maximum atomic E-state index is 13.0. The number of hydrogen-bond donors (Lipinski definition) is 2. The Morgan fingerprint density at radius 1 is 0.872 bits per heavy atom. The Balaban J connectivity index is 1.21. The highest BCUT2D eigenvalue weighted by Gasteiger charge is 2.14. The van der Waals surface area contributed by atoms with Crippen molar-refractivity contribution in [2.75, 3.05) is 10.6 Å². The van der Waals surface area contributed by atoms with E-state index >= 15 is 0 Å². The SMILES string of the molecule is Cn1cc(-c2cc3c(Nc4ccc(NC(=O)c5cccn(-c6ccccc6)c5=O)cc4)ccnc3cn2)cn1. The van der Waals surface area contributed by atoms with Gasteiger partial charge in [0, 0.05) is 59.3 Å². The molecule has 0 aliphatic rings. The summed E-state index contributed by atoms with van der Waals surface area (Å²) in [5, 5.41) is 11.4. The van der Waals surface area contributed by atoms with Gasteiger partial charge in [0.25, 0.3) is 11.5 Å². The van der Waals surface area contributed by atoms with Gasteiger partial charge < -0.3 is 10.6 Å². The molecule has 0 saturated heterocycles. The van der Waals surface area contributed by atoms with Crippen LogP contribution in [0.5, 0.6) is 0 Å². The molecule has 0 spiro atoms. The number of anilines is 3. The fraction of sp³-hybridized carbons (Fsp3) is 0.0333. The van der Waals surface area contributed by atoms with Crippen LogP contribution in [0.15, 0.2) is 115 Å². The van der Waals surface area contributed by atoms with E-state index in [0.717, 1.165) is 33.5 Å². The van der Waals surface area contributed by atoms with Crippen molar-refractivity contribution in [3.63, 3.8) is 0 Å². The van der Waals surface area contributed by atoms with E-state index in [-0.39, 0.29) is 11.1 Å². The monoisotopic (exact) mass is 513 g/mol. The lowest BCUT2D eigenvalue weighted by atomic mass is 10.1. The molecule has 9 heteroatoms. The van der Waals surface area contributed by atoms with Gasteiger partial charge in [-0.25, -0.2) is 0 Å². The predicted molar refractivity (Wildman–Crippen MR) is 151 cm³/mol. The summed E-state index contributed by atoms with van der Waals surface area (Å²) < 4.78 is 3.19. The molecule has 6 rings (SSSR count). The number of carbonyl (C=O) groups excluding carboxylic acids is 1. The van der Waals surface area contributed by atoms with E-state index in [1.165, 1.54) is 10.6 Å². The average Bonchev–Trinajstić information content (AvgIpc) is 3.41. The third kappa shape index (κ3) is 4.88. The molecule has 0 saturated carbocycles. The van der Waals surface area contributed by atoms with Gasteiger partial charge in [-0.1, -0.05) is 18.2 Å². The van der Waals surface area contributed by atoms with E-state index in [0.29, 0.717) is 11.4 Å². The molecule has 0 radical (unpaired) electrons. The Morgan fingerprint density at radius 2 is 1.67 bits per heavy atom. The summed E-state index contributed by atoms with van der Waals surface area (Å²) in [5.74, 6) is -0.471. The molecule has 4 aromatic heterocycles. The quantitative estimate of drug-likeness (QED) is 0.318. The minimum absolute atomic E-state index is 0.0600. The molecule has 2 aromatic carbocycles. The minimum atomic E-state index is -0.471. The maximum Gasteiger partial charge on any atom is 0.267 e. The van der Waals surface area contributed by atoms with Crippen molar-refractivity contribution in [2.24, 2.45) is 7.05 Å². The van der Waals surface area contributed by atoms with Crippen LogP contribution >= 0.6 is 0 Å². The molecule has 6 aromatic rings. The third-order valence-corrected chi connectivity index (χ3v) is 6.28. The van der Waals surface area contributed by atoms with Crippen molar-refractivity contribution in [3.05, 3.63) is 126 Å². The van der Waals surface area contributed by atoms with Crippen molar-refractivity contribution in [1.29, 1.82) is 0 Å². The molecule has 0 unspecified atom stereocenters. The molecular weight excluding hydrogens is 490 g/mol.